The van der Waals surface area contributed by atoms with Crippen LogP contribution in [-0.4, -0.2) is 58.2 Å². The van der Waals surface area contributed by atoms with Gasteiger partial charge in [0.05, 0.1) is 24.8 Å². The van der Waals surface area contributed by atoms with E-state index in [2.05, 4.69) is 15.8 Å². The maximum absolute atomic E-state index is 12.5. The van der Waals surface area contributed by atoms with Crippen LogP contribution in [0.15, 0.2) is 52.5 Å². The van der Waals surface area contributed by atoms with Crippen LogP contribution in [0.3, 0.4) is 0 Å². The second-order valence-electron chi connectivity index (χ2n) is 6.99. The first-order valence-electron chi connectivity index (χ1n) is 10.6. The average Bonchev–Trinajstić information content (AvgIpc) is 2.85. The molecule has 0 saturated carbocycles. The maximum Gasteiger partial charge on any atom is 0.282 e. The molecule has 0 spiro atoms. The van der Waals surface area contributed by atoms with E-state index >= 15 is 0 Å². The number of benzene rings is 2. The molecule has 2 rings (SSSR count). The lowest BCUT2D eigenvalue weighted by Crippen LogP contribution is -2.32. The molecule has 1 amide bonds. The molecule has 0 bridgehead atoms. The van der Waals surface area contributed by atoms with Gasteiger partial charge in [0.25, 0.3) is 5.91 Å². The molecule has 0 aliphatic carbocycles. The summed E-state index contributed by atoms with van der Waals surface area (Å²) >= 11 is 0. The molecule has 10 nitrogen and oxygen atoms in total. The standard InChI is InChI=1S/C23H29N5O5S/c1-5-28(6-2)34(30,31)19-10-8-18(9-11-19)26-27-20(16-24)23(29)25-14-13-17-7-12-21(32-3)22(15-17)33-4/h7-12,15,26H,5-6,13-14H2,1-4H3,(H,25,29)/b27-20+. The first-order valence-corrected chi connectivity index (χ1v) is 12.1. The molecule has 2 aromatic rings. The molecular formula is C23H29N5O5S. The fraction of sp³-hybridized carbons (Fsp3) is 0.348. The number of carbonyl (C=O) groups excluding carboxylic acids is 1. The van der Waals surface area contributed by atoms with Crippen molar-refractivity contribution in [2.24, 2.45) is 5.10 Å². The van der Waals surface area contributed by atoms with Crippen LogP contribution in [-0.2, 0) is 21.2 Å². The smallest absolute Gasteiger partial charge is 0.282 e. The van der Waals surface area contributed by atoms with Gasteiger partial charge in [0.1, 0.15) is 6.07 Å². The number of rotatable bonds is 12. The molecule has 2 aromatic carbocycles. The molecule has 0 aliphatic heterocycles. The molecule has 0 heterocycles. The van der Waals surface area contributed by atoms with Crippen LogP contribution >= 0.6 is 0 Å². The molecule has 0 radical (unpaired) electrons. The largest absolute Gasteiger partial charge is 0.493 e. The number of ether oxygens (including phenoxy) is 2. The highest BCUT2D eigenvalue weighted by Crippen LogP contribution is 2.27. The van der Waals surface area contributed by atoms with Crippen LogP contribution in [0.1, 0.15) is 19.4 Å². The molecule has 34 heavy (non-hydrogen) atoms. The third kappa shape index (κ3) is 6.69. The zero-order chi connectivity index (χ0) is 25.1. The van der Waals surface area contributed by atoms with Crippen molar-refractivity contribution in [2.45, 2.75) is 25.2 Å². The minimum Gasteiger partial charge on any atom is -0.493 e. The minimum absolute atomic E-state index is 0.152. The number of amides is 1. The van der Waals surface area contributed by atoms with Gasteiger partial charge in [-0.05, 0) is 48.4 Å². The third-order valence-electron chi connectivity index (χ3n) is 4.96. The Hall–Kier alpha value is -3.62. The summed E-state index contributed by atoms with van der Waals surface area (Å²) in [5.74, 6) is 0.570. The highest BCUT2D eigenvalue weighted by Gasteiger charge is 2.21. The highest BCUT2D eigenvalue weighted by molar-refractivity contribution is 7.89. The minimum atomic E-state index is -3.57. The molecule has 0 aromatic heterocycles. The summed E-state index contributed by atoms with van der Waals surface area (Å²) in [6, 6.07) is 13.1. The van der Waals surface area contributed by atoms with E-state index < -0.39 is 15.9 Å². The maximum atomic E-state index is 12.5. The van der Waals surface area contributed by atoms with Gasteiger partial charge >= 0.3 is 0 Å². The van der Waals surface area contributed by atoms with Crippen molar-refractivity contribution in [3.63, 3.8) is 0 Å². The van der Waals surface area contributed by atoms with Crippen LogP contribution in [0.25, 0.3) is 0 Å². The van der Waals surface area contributed by atoms with Gasteiger partial charge in [-0.1, -0.05) is 19.9 Å². The summed E-state index contributed by atoms with van der Waals surface area (Å²) in [7, 11) is -0.473. The number of nitrogens with zero attached hydrogens (tertiary/aromatic N) is 3. The number of hydrogen-bond donors (Lipinski definition) is 2. The summed E-state index contributed by atoms with van der Waals surface area (Å²) in [6.07, 6.45) is 0.515. The van der Waals surface area contributed by atoms with E-state index in [4.69, 9.17) is 9.47 Å². The summed E-state index contributed by atoms with van der Waals surface area (Å²) in [5, 5.41) is 15.8. The predicted molar refractivity (Wildman–Crippen MR) is 129 cm³/mol. The second-order valence-corrected chi connectivity index (χ2v) is 8.93. The van der Waals surface area contributed by atoms with Crippen molar-refractivity contribution in [1.82, 2.24) is 9.62 Å². The molecule has 0 unspecified atom stereocenters. The van der Waals surface area contributed by atoms with Gasteiger partial charge in [0.2, 0.25) is 15.7 Å². The number of methoxy groups -OCH3 is 2. The molecule has 0 saturated heterocycles. The van der Waals surface area contributed by atoms with Crippen LogP contribution in [0, 0.1) is 11.3 Å². The quantitative estimate of drug-likeness (QED) is 0.347. The fourth-order valence-corrected chi connectivity index (χ4v) is 4.56. The Labute approximate surface area is 200 Å². The molecule has 11 heteroatoms. The van der Waals surface area contributed by atoms with Gasteiger partial charge in [-0.2, -0.15) is 14.7 Å². The topological polar surface area (TPSA) is 133 Å². The van der Waals surface area contributed by atoms with Crippen molar-refractivity contribution in [1.29, 1.82) is 5.26 Å². The van der Waals surface area contributed by atoms with E-state index in [-0.39, 0.29) is 17.2 Å². The molecule has 0 aliphatic rings. The van der Waals surface area contributed by atoms with Crippen molar-refractivity contribution in [3.05, 3.63) is 48.0 Å². The van der Waals surface area contributed by atoms with Crippen molar-refractivity contribution in [3.8, 4) is 17.6 Å². The summed E-state index contributed by atoms with van der Waals surface area (Å²) < 4.78 is 36.9. The van der Waals surface area contributed by atoms with Gasteiger partial charge in [0, 0.05) is 19.6 Å². The second kappa shape index (κ2) is 12.6. The first-order chi connectivity index (χ1) is 16.3. The van der Waals surface area contributed by atoms with E-state index in [0.717, 1.165) is 5.56 Å². The van der Waals surface area contributed by atoms with Gasteiger partial charge in [-0.15, -0.1) is 0 Å². The summed E-state index contributed by atoms with van der Waals surface area (Å²) in [6.45, 7) is 4.57. The van der Waals surface area contributed by atoms with E-state index in [1.54, 1.807) is 40.2 Å². The van der Waals surface area contributed by atoms with Gasteiger partial charge in [-0.3, -0.25) is 10.2 Å². The molecular weight excluding hydrogens is 458 g/mol. The summed E-state index contributed by atoms with van der Waals surface area (Å²) in [4.78, 5) is 12.5. The van der Waals surface area contributed by atoms with E-state index in [1.807, 2.05) is 12.1 Å². The first kappa shape index (κ1) is 26.6. The highest BCUT2D eigenvalue weighted by atomic mass is 32.2. The van der Waals surface area contributed by atoms with Gasteiger partial charge < -0.3 is 14.8 Å². The van der Waals surface area contributed by atoms with Crippen molar-refractivity contribution < 1.29 is 22.7 Å². The van der Waals surface area contributed by atoms with Gasteiger partial charge in [0.15, 0.2) is 11.5 Å². The lowest BCUT2D eigenvalue weighted by atomic mass is 10.1. The zero-order valence-corrected chi connectivity index (χ0v) is 20.5. The predicted octanol–water partition coefficient (Wildman–Crippen LogP) is 2.38. The molecule has 182 valence electrons. The Kier molecular flexibility index (Phi) is 9.85. The Balaban J connectivity index is 1.97. The zero-order valence-electron chi connectivity index (χ0n) is 19.7. The number of anilines is 1. The van der Waals surface area contributed by atoms with Crippen LogP contribution < -0.4 is 20.2 Å². The number of sulfonamides is 1. The van der Waals surface area contributed by atoms with Gasteiger partial charge in [-0.25, -0.2) is 8.42 Å². The fourth-order valence-electron chi connectivity index (χ4n) is 3.10. The van der Waals surface area contributed by atoms with Crippen LogP contribution in [0.4, 0.5) is 5.69 Å². The Morgan fingerprint density at radius 3 is 2.26 bits per heavy atom. The SMILES string of the molecule is CCN(CC)S(=O)(=O)c1ccc(N/N=C(\C#N)C(=O)NCCc2ccc(OC)c(OC)c2)cc1. The number of nitriles is 1. The summed E-state index contributed by atoms with van der Waals surface area (Å²) in [5.41, 5.74) is 3.62. The Morgan fingerprint density at radius 1 is 1.06 bits per heavy atom. The number of carbonyl (C=O) groups is 1. The third-order valence-corrected chi connectivity index (χ3v) is 7.03. The molecule has 0 fully saturated rings. The monoisotopic (exact) mass is 487 g/mol. The van der Waals surface area contributed by atoms with Crippen molar-refractivity contribution in [2.75, 3.05) is 39.3 Å². The Bertz CT molecular complexity index is 1150. The van der Waals surface area contributed by atoms with Crippen LogP contribution in [0.2, 0.25) is 0 Å². The lowest BCUT2D eigenvalue weighted by molar-refractivity contribution is -0.114. The molecule has 0 atom stereocenters. The van der Waals surface area contributed by atoms with E-state index in [9.17, 15) is 18.5 Å². The number of nitrogens with one attached hydrogen (secondary N) is 2. The van der Waals surface area contributed by atoms with E-state index in [0.29, 0.717) is 36.7 Å². The van der Waals surface area contributed by atoms with Crippen LogP contribution in [0.5, 0.6) is 11.5 Å². The number of hydrazone groups is 1. The number of hydrogen-bond acceptors (Lipinski definition) is 8. The van der Waals surface area contributed by atoms with Crippen molar-refractivity contribution >= 4 is 27.3 Å². The Morgan fingerprint density at radius 2 is 1.71 bits per heavy atom. The normalized spacial score (nSPS) is 11.6. The lowest BCUT2D eigenvalue weighted by Gasteiger charge is -2.18. The average molecular weight is 488 g/mol. The van der Waals surface area contributed by atoms with E-state index in [1.165, 1.54) is 28.6 Å². The molecule has 2 N–H and O–H groups in total.